The van der Waals surface area contributed by atoms with E-state index in [0.717, 1.165) is 55.8 Å². The van der Waals surface area contributed by atoms with E-state index < -0.39 is 0 Å². The third-order valence-electron chi connectivity index (χ3n) is 4.35. The van der Waals surface area contributed by atoms with Crippen LogP contribution in [0.2, 0.25) is 0 Å². The van der Waals surface area contributed by atoms with Crippen LogP contribution in [0.3, 0.4) is 0 Å². The molecular formula is C17H27NO2. The highest BCUT2D eigenvalue weighted by Gasteiger charge is 2.37. The standard InChI is InChI=1S/C17H27NO2/c1-4-7-10-19-13-8-9-16-14(11-13)15(18)12-17(5-2,6-3)20-16/h8-9,11,15H,4-7,10,12,18H2,1-3H3. The molecule has 1 aromatic rings. The van der Waals surface area contributed by atoms with Crippen molar-refractivity contribution in [1.82, 2.24) is 0 Å². The molecule has 3 heteroatoms. The molecule has 0 radical (unpaired) electrons. The van der Waals surface area contributed by atoms with Gasteiger partial charge in [-0.25, -0.2) is 0 Å². The van der Waals surface area contributed by atoms with Crippen molar-refractivity contribution in [3.8, 4) is 11.5 Å². The SMILES string of the molecule is CCCCOc1ccc2c(c1)C(N)CC(CC)(CC)O2. The number of fused-ring (bicyclic) bond motifs is 1. The van der Waals surface area contributed by atoms with E-state index in [0.29, 0.717) is 0 Å². The van der Waals surface area contributed by atoms with E-state index in [-0.39, 0.29) is 11.6 Å². The van der Waals surface area contributed by atoms with Gasteiger partial charge in [0.15, 0.2) is 0 Å². The lowest BCUT2D eigenvalue weighted by Crippen LogP contribution is -2.41. The Labute approximate surface area is 122 Å². The van der Waals surface area contributed by atoms with Gasteiger partial charge in [-0.2, -0.15) is 0 Å². The quantitative estimate of drug-likeness (QED) is 0.792. The summed E-state index contributed by atoms with van der Waals surface area (Å²) >= 11 is 0. The zero-order valence-electron chi connectivity index (χ0n) is 12.9. The van der Waals surface area contributed by atoms with Crippen LogP contribution in [-0.2, 0) is 0 Å². The van der Waals surface area contributed by atoms with Gasteiger partial charge in [-0.3, -0.25) is 0 Å². The Morgan fingerprint density at radius 2 is 2.05 bits per heavy atom. The Morgan fingerprint density at radius 1 is 1.30 bits per heavy atom. The van der Waals surface area contributed by atoms with Crippen LogP contribution in [0.25, 0.3) is 0 Å². The van der Waals surface area contributed by atoms with Crippen LogP contribution in [0.4, 0.5) is 0 Å². The topological polar surface area (TPSA) is 44.5 Å². The summed E-state index contributed by atoms with van der Waals surface area (Å²) in [6, 6.07) is 6.08. The van der Waals surface area contributed by atoms with E-state index in [1.807, 2.05) is 18.2 Å². The van der Waals surface area contributed by atoms with Gasteiger partial charge in [-0.15, -0.1) is 0 Å². The number of unbranched alkanes of at least 4 members (excludes halogenated alkanes) is 1. The highest BCUT2D eigenvalue weighted by atomic mass is 16.5. The molecule has 1 aliphatic heterocycles. The van der Waals surface area contributed by atoms with Crippen LogP contribution >= 0.6 is 0 Å². The molecule has 0 fully saturated rings. The summed E-state index contributed by atoms with van der Waals surface area (Å²) in [5.74, 6) is 1.83. The second-order valence-electron chi connectivity index (χ2n) is 5.70. The molecule has 3 nitrogen and oxygen atoms in total. The van der Waals surface area contributed by atoms with Crippen molar-refractivity contribution in [2.24, 2.45) is 5.73 Å². The minimum absolute atomic E-state index is 0.0355. The molecule has 0 spiro atoms. The van der Waals surface area contributed by atoms with Crippen molar-refractivity contribution in [1.29, 1.82) is 0 Å². The lowest BCUT2D eigenvalue weighted by molar-refractivity contribution is 0.0281. The third-order valence-corrected chi connectivity index (χ3v) is 4.35. The highest BCUT2D eigenvalue weighted by Crippen LogP contribution is 2.42. The second kappa shape index (κ2) is 6.49. The summed E-state index contributed by atoms with van der Waals surface area (Å²) in [6.07, 6.45) is 5.08. The maximum atomic E-state index is 6.36. The largest absolute Gasteiger partial charge is 0.494 e. The van der Waals surface area contributed by atoms with Crippen LogP contribution in [0.5, 0.6) is 11.5 Å². The van der Waals surface area contributed by atoms with Crippen LogP contribution in [0.1, 0.15) is 64.5 Å². The van der Waals surface area contributed by atoms with Gasteiger partial charge in [0.1, 0.15) is 17.1 Å². The van der Waals surface area contributed by atoms with Crippen molar-refractivity contribution in [3.63, 3.8) is 0 Å². The fourth-order valence-corrected chi connectivity index (χ4v) is 2.80. The lowest BCUT2D eigenvalue weighted by atomic mass is 9.84. The maximum absolute atomic E-state index is 6.36. The highest BCUT2D eigenvalue weighted by molar-refractivity contribution is 5.44. The Hall–Kier alpha value is -1.22. The molecule has 0 saturated carbocycles. The van der Waals surface area contributed by atoms with Gasteiger partial charge in [0.25, 0.3) is 0 Å². The predicted molar refractivity (Wildman–Crippen MR) is 82.3 cm³/mol. The molecule has 1 heterocycles. The predicted octanol–water partition coefficient (Wildman–Crippen LogP) is 4.21. The van der Waals surface area contributed by atoms with E-state index >= 15 is 0 Å². The minimum atomic E-state index is -0.100. The molecule has 2 rings (SSSR count). The van der Waals surface area contributed by atoms with E-state index in [2.05, 4.69) is 20.8 Å². The normalized spacial score (nSPS) is 20.1. The molecule has 0 saturated heterocycles. The zero-order chi connectivity index (χ0) is 14.6. The molecule has 20 heavy (non-hydrogen) atoms. The van der Waals surface area contributed by atoms with Gasteiger partial charge >= 0.3 is 0 Å². The average Bonchev–Trinajstić information content (AvgIpc) is 2.48. The average molecular weight is 277 g/mol. The van der Waals surface area contributed by atoms with Gasteiger partial charge in [0, 0.05) is 18.0 Å². The smallest absolute Gasteiger partial charge is 0.125 e. The summed E-state index contributed by atoms with van der Waals surface area (Å²) in [5.41, 5.74) is 7.34. The van der Waals surface area contributed by atoms with Crippen molar-refractivity contribution < 1.29 is 9.47 Å². The molecule has 1 unspecified atom stereocenters. The molecule has 1 atom stereocenters. The Balaban J connectivity index is 2.17. The number of hydrogen-bond acceptors (Lipinski definition) is 3. The zero-order valence-corrected chi connectivity index (χ0v) is 12.9. The number of ether oxygens (including phenoxy) is 2. The van der Waals surface area contributed by atoms with Crippen molar-refractivity contribution in [2.75, 3.05) is 6.61 Å². The van der Waals surface area contributed by atoms with Crippen LogP contribution in [0, 0.1) is 0 Å². The second-order valence-corrected chi connectivity index (χ2v) is 5.70. The number of hydrogen-bond donors (Lipinski definition) is 1. The summed E-state index contributed by atoms with van der Waals surface area (Å²) in [5, 5.41) is 0. The Bertz CT molecular complexity index is 441. The fourth-order valence-electron chi connectivity index (χ4n) is 2.80. The molecule has 0 amide bonds. The first-order valence-electron chi connectivity index (χ1n) is 7.85. The number of benzene rings is 1. The first kappa shape index (κ1) is 15.2. The first-order chi connectivity index (χ1) is 9.64. The summed E-state index contributed by atoms with van der Waals surface area (Å²) in [6.45, 7) is 7.27. The fraction of sp³-hybridized carbons (Fsp3) is 0.647. The lowest BCUT2D eigenvalue weighted by Gasteiger charge is -2.40. The molecule has 0 aliphatic carbocycles. The summed E-state index contributed by atoms with van der Waals surface area (Å²) in [7, 11) is 0. The Morgan fingerprint density at radius 3 is 2.70 bits per heavy atom. The number of nitrogens with two attached hydrogens (primary N) is 1. The molecular weight excluding hydrogens is 250 g/mol. The van der Waals surface area contributed by atoms with Crippen LogP contribution in [0.15, 0.2) is 18.2 Å². The minimum Gasteiger partial charge on any atom is -0.494 e. The van der Waals surface area contributed by atoms with Crippen LogP contribution < -0.4 is 15.2 Å². The molecule has 0 aromatic heterocycles. The van der Waals surface area contributed by atoms with E-state index in [9.17, 15) is 0 Å². The molecule has 0 bridgehead atoms. The summed E-state index contributed by atoms with van der Waals surface area (Å²) < 4.78 is 12.0. The first-order valence-corrected chi connectivity index (χ1v) is 7.85. The molecule has 1 aromatic carbocycles. The monoisotopic (exact) mass is 277 g/mol. The Kier molecular flexibility index (Phi) is 4.92. The van der Waals surface area contributed by atoms with E-state index in [1.165, 1.54) is 0 Å². The van der Waals surface area contributed by atoms with Gasteiger partial charge in [0.2, 0.25) is 0 Å². The molecule has 112 valence electrons. The van der Waals surface area contributed by atoms with Gasteiger partial charge in [-0.1, -0.05) is 27.2 Å². The van der Waals surface area contributed by atoms with Crippen molar-refractivity contribution in [3.05, 3.63) is 23.8 Å². The van der Waals surface area contributed by atoms with Gasteiger partial charge < -0.3 is 15.2 Å². The van der Waals surface area contributed by atoms with E-state index in [1.54, 1.807) is 0 Å². The van der Waals surface area contributed by atoms with Gasteiger partial charge in [-0.05, 0) is 37.5 Å². The van der Waals surface area contributed by atoms with Crippen molar-refractivity contribution in [2.45, 2.75) is 64.5 Å². The van der Waals surface area contributed by atoms with E-state index in [4.69, 9.17) is 15.2 Å². The van der Waals surface area contributed by atoms with Crippen LogP contribution in [-0.4, -0.2) is 12.2 Å². The summed E-state index contributed by atoms with van der Waals surface area (Å²) in [4.78, 5) is 0. The molecule has 1 aliphatic rings. The number of rotatable bonds is 6. The molecule has 2 N–H and O–H groups in total. The van der Waals surface area contributed by atoms with Crippen molar-refractivity contribution >= 4 is 0 Å². The van der Waals surface area contributed by atoms with Gasteiger partial charge in [0.05, 0.1) is 6.61 Å². The third kappa shape index (κ3) is 3.09. The maximum Gasteiger partial charge on any atom is 0.125 e.